The van der Waals surface area contributed by atoms with E-state index in [0.29, 0.717) is 6.04 Å². The molecule has 1 saturated heterocycles. The van der Waals surface area contributed by atoms with Crippen LogP contribution in [-0.2, 0) is 11.3 Å². The van der Waals surface area contributed by atoms with E-state index >= 15 is 0 Å². The predicted octanol–water partition coefficient (Wildman–Crippen LogP) is 2.85. The molecule has 0 N–H and O–H groups in total. The standard InChI is InChI=1S/C20H25N5O/c1-2-18(23-11-13-26-14-12-23)15-24-10-8-22-20(24)17-3-5-19(6-4-17)25-9-7-21-16-25/h3-10,16,18H,2,11-15H2,1H3. The van der Waals surface area contributed by atoms with Gasteiger partial charge in [-0.2, -0.15) is 0 Å². The zero-order valence-electron chi connectivity index (χ0n) is 15.2. The first-order chi connectivity index (χ1) is 12.8. The van der Waals surface area contributed by atoms with Gasteiger partial charge in [0.1, 0.15) is 5.82 Å². The maximum Gasteiger partial charge on any atom is 0.139 e. The molecule has 136 valence electrons. The second-order valence-corrected chi connectivity index (χ2v) is 6.63. The van der Waals surface area contributed by atoms with Gasteiger partial charge in [0.15, 0.2) is 0 Å². The maximum atomic E-state index is 5.50. The molecule has 2 aromatic heterocycles. The molecule has 1 fully saturated rings. The second-order valence-electron chi connectivity index (χ2n) is 6.63. The number of hydrogen-bond donors (Lipinski definition) is 0. The fourth-order valence-corrected chi connectivity index (χ4v) is 3.58. The van der Waals surface area contributed by atoms with Gasteiger partial charge in [-0.05, 0) is 30.7 Å². The summed E-state index contributed by atoms with van der Waals surface area (Å²) >= 11 is 0. The summed E-state index contributed by atoms with van der Waals surface area (Å²) in [7, 11) is 0. The number of nitrogens with zero attached hydrogens (tertiary/aromatic N) is 5. The fraction of sp³-hybridized carbons (Fsp3) is 0.400. The van der Waals surface area contributed by atoms with Crippen molar-refractivity contribution in [1.82, 2.24) is 24.0 Å². The van der Waals surface area contributed by atoms with E-state index in [2.05, 4.69) is 56.8 Å². The van der Waals surface area contributed by atoms with Crippen LogP contribution in [0.5, 0.6) is 0 Å². The highest BCUT2D eigenvalue weighted by Gasteiger charge is 2.21. The smallest absolute Gasteiger partial charge is 0.139 e. The van der Waals surface area contributed by atoms with Gasteiger partial charge >= 0.3 is 0 Å². The van der Waals surface area contributed by atoms with E-state index in [9.17, 15) is 0 Å². The van der Waals surface area contributed by atoms with E-state index in [4.69, 9.17) is 4.74 Å². The van der Waals surface area contributed by atoms with Crippen LogP contribution in [0.4, 0.5) is 0 Å². The van der Waals surface area contributed by atoms with Gasteiger partial charge in [-0.1, -0.05) is 6.92 Å². The largest absolute Gasteiger partial charge is 0.379 e. The minimum atomic E-state index is 0.511. The molecular formula is C20H25N5O. The molecule has 4 rings (SSSR count). The fourth-order valence-electron chi connectivity index (χ4n) is 3.58. The van der Waals surface area contributed by atoms with Crippen LogP contribution in [-0.4, -0.2) is 56.3 Å². The Labute approximate surface area is 154 Å². The summed E-state index contributed by atoms with van der Waals surface area (Å²) in [5.74, 6) is 1.02. The SMILES string of the molecule is CCC(Cn1ccnc1-c1ccc(-n2ccnc2)cc1)N1CCOCC1. The van der Waals surface area contributed by atoms with E-state index < -0.39 is 0 Å². The summed E-state index contributed by atoms with van der Waals surface area (Å²) in [5.41, 5.74) is 2.24. The molecule has 0 radical (unpaired) electrons. The van der Waals surface area contributed by atoms with Crippen LogP contribution in [0.25, 0.3) is 17.1 Å². The predicted molar refractivity (Wildman–Crippen MR) is 101 cm³/mol. The van der Waals surface area contributed by atoms with Crippen molar-refractivity contribution in [2.75, 3.05) is 26.3 Å². The Morgan fingerprint density at radius 2 is 1.88 bits per heavy atom. The zero-order valence-corrected chi connectivity index (χ0v) is 15.2. The number of hydrogen-bond acceptors (Lipinski definition) is 4. The van der Waals surface area contributed by atoms with E-state index in [0.717, 1.165) is 56.3 Å². The lowest BCUT2D eigenvalue weighted by Crippen LogP contribution is -2.45. The highest BCUT2D eigenvalue weighted by atomic mass is 16.5. The summed E-state index contributed by atoms with van der Waals surface area (Å²) < 4.78 is 9.77. The summed E-state index contributed by atoms with van der Waals surface area (Å²) in [6, 6.07) is 8.98. The third-order valence-electron chi connectivity index (χ3n) is 5.08. The first kappa shape index (κ1) is 17.0. The average molecular weight is 351 g/mol. The molecule has 1 aliphatic rings. The number of benzene rings is 1. The van der Waals surface area contributed by atoms with Crippen LogP contribution < -0.4 is 0 Å². The van der Waals surface area contributed by atoms with Gasteiger partial charge in [-0.25, -0.2) is 9.97 Å². The second kappa shape index (κ2) is 7.85. The van der Waals surface area contributed by atoms with Crippen molar-refractivity contribution < 1.29 is 4.74 Å². The van der Waals surface area contributed by atoms with Gasteiger partial charge in [0.05, 0.1) is 19.5 Å². The Morgan fingerprint density at radius 3 is 2.58 bits per heavy atom. The Bertz CT molecular complexity index is 803. The Kier molecular flexibility index (Phi) is 5.13. The molecule has 1 aliphatic heterocycles. The highest BCUT2D eigenvalue weighted by molar-refractivity contribution is 5.57. The Hall–Kier alpha value is -2.44. The van der Waals surface area contributed by atoms with Crippen LogP contribution in [0.3, 0.4) is 0 Å². The minimum Gasteiger partial charge on any atom is -0.379 e. The van der Waals surface area contributed by atoms with Gasteiger partial charge < -0.3 is 13.9 Å². The van der Waals surface area contributed by atoms with E-state index in [1.807, 2.05) is 23.3 Å². The average Bonchev–Trinajstić information content (AvgIpc) is 3.39. The zero-order chi connectivity index (χ0) is 17.8. The number of morpholine rings is 1. The van der Waals surface area contributed by atoms with Gasteiger partial charge in [-0.15, -0.1) is 0 Å². The molecule has 0 saturated carbocycles. The lowest BCUT2D eigenvalue weighted by atomic mass is 10.1. The molecule has 3 heterocycles. The van der Waals surface area contributed by atoms with Crippen molar-refractivity contribution in [1.29, 1.82) is 0 Å². The molecule has 0 amide bonds. The van der Waals surface area contributed by atoms with Crippen molar-refractivity contribution in [3.8, 4) is 17.1 Å². The lowest BCUT2D eigenvalue weighted by Gasteiger charge is -2.34. The molecule has 1 atom stereocenters. The first-order valence-electron chi connectivity index (χ1n) is 9.27. The first-order valence-corrected chi connectivity index (χ1v) is 9.27. The Morgan fingerprint density at radius 1 is 1.08 bits per heavy atom. The molecule has 0 aliphatic carbocycles. The molecular weight excluding hydrogens is 326 g/mol. The molecule has 3 aromatic rings. The Balaban J connectivity index is 1.52. The topological polar surface area (TPSA) is 48.1 Å². The summed E-state index contributed by atoms with van der Waals surface area (Å²) in [6.45, 7) is 6.92. The van der Waals surface area contributed by atoms with Crippen molar-refractivity contribution in [3.05, 3.63) is 55.4 Å². The van der Waals surface area contributed by atoms with Crippen molar-refractivity contribution in [3.63, 3.8) is 0 Å². The molecule has 26 heavy (non-hydrogen) atoms. The van der Waals surface area contributed by atoms with E-state index in [1.54, 1.807) is 6.20 Å². The highest BCUT2D eigenvalue weighted by Crippen LogP contribution is 2.21. The molecule has 1 unspecified atom stereocenters. The molecule has 0 spiro atoms. The van der Waals surface area contributed by atoms with Gasteiger partial charge in [-0.3, -0.25) is 4.90 Å². The van der Waals surface area contributed by atoms with Crippen molar-refractivity contribution in [2.24, 2.45) is 0 Å². The summed E-state index contributed by atoms with van der Waals surface area (Å²) in [6.07, 6.45) is 10.6. The molecule has 6 nitrogen and oxygen atoms in total. The van der Waals surface area contributed by atoms with Gasteiger partial charge in [0.25, 0.3) is 0 Å². The molecule has 1 aromatic carbocycles. The monoisotopic (exact) mass is 351 g/mol. The lowest BCUT2D eigenvalue weighted by molar-refractivity contribution is 0.0122. The van der Waals surface area contributed by atoms with E-state index in [1.165, 1.54) is 0 Å². The third-order valence-corrected chi connectivity index (χ3v) is 5.08. The summed E-state index contributed by atoms with van der Waals surface area (Å²) in [4.78, 5) is 11.3. The van der Waals surface area contributed by atoms with Gasteiger partial charge in [0.2, 0.25) is 0 Å². The maximum absolute atomic E-state index is 5.50. The van der Waals surface area contributed by atoms with Crippen molar-refractivity contribution in [2.45, 2.75) is 25.9 Å². The molecule has 6 heteroatoms. The minimum absolute atomic E-state index is 0.511. The third kappa shape index (κ3) is 3.57. The van der Waals surface area contributed by atoms with Crippen LogP contribution in [0.2, 0.25) is 0 Å². The van der Waals surface area contributed by atoms with Crippen LogP contribution in [0, 0.1) is 0 Å². The van der Waals surface area contributed by atoms with Crippen LogP contribution >= 0.6 is 0 Å². The normalized spacial score (nSPS) is 16.7. The quantitative estimate of drug-likeness (QED) is 0.685. The number of ether oxygens (including phenoxy) is 1. The van der Waals surface area contributed by atoms with Gasteiger partial charge in [0, 0.05) is 61.7 Å². The van der Waals surface area contributed by atoms with Crippen LogP contribution in [0.1, 0.15) is 13.3 Å². The molecule has 0 bridgehead atoms. The number of rotatable bonds is 6. The number of imidazole rings is 2. The van der Waals surface area contributed by atoms with Crippen LogP contribution in [0.15, 0.2) is 55.4 Å². The van der Waals surface area contributed by atoms with Crippen molar-refractivity contribution >= 4 is 0 Å². The summed E-state index contributed by atoms with van der Waals surface area (Å²) in [5, 5.41) is 0. The van der Waals surface area contributed by atoms with E-state index in [-0.39, 0.29) is 0 Å². The number of aromatic nitrogens is 4.